The number of anilines is 1. The van der Waals surface area contributed by atoms with Crippen LogP contribution < -0.4 is 25.4 Å². The van der Waals surface area contributed by atoms with Crippen LogP contribution in [0.2, 0.25) is 10.0 Å². The summed E-state index contributed by atoms with van der Waals surface area (Å²) in [7, 11) is 4.93. The highest BCUT2D eigenvalue weighted by Crippen LogP contribution is 2.35. The van der Waals surface area contributed by atoms with Gasteiger partial charge in [0.15, 0.2) is 0 Å². The Labute approximate surface area is 246 Å². The number of hydrogen-bond donors (Lipinski definition) is 2. The molecule has 3 amide bonds. The van der Waals surface area contributed by atoms with E-state index in [1.165, 1.54) is 11.0 Å². The van der Waals surface area contributed by atoms with Gasteiger partial charge in [-0.1, -0.05) is 41.4 Å². The van der Waals surface area contributed by atoms with Gasteiger partial charge in [-0.3, -0.25) is 19.0 Å². The fourth-order valence-electron chi connectivity index (χ4n) is 4.00. The molecular formula is C29H27Cl2N5O5. The van der Waals surface area contributed by atoms with Gasteiger partial charge in [-0.15, -0.1) is 0 Å². The zero-order valence-corrected chi connectivity index (χ0v) is 24.0. The van der Waals surface area contributed by atoms with Crippen LogP contribution in [-0.4, -0.2) is 48.0 Å². The number of para-hydroxylation sites is 1. The van der Waals surface area contributed by atoms with E-state index in [0.717, 1.165) is 5.52 Å². The van der Waals surface area contributed by atoms with Crippen molar-refractivity contribution < 1.29 is 23.9 Å². The van der Waals surface area contributed by atoms with Crippen LogP contribution in [0.5, 0.6) is 11.8 Å². The lowest BCUT2D eigenvalue weighted by Crippen LogP contribution is -2.37. The molecule has 3 aromatic carbocycles. The quantitative estimate of drug-likeness (QED) is 0.262. The first-order valence-corrected chi connectivity index (χ1v) is 13.1. The molecule has 10 nitrogen and oxygen atoms in total. The lowest BCUT2D eigenvalue weighted by atomic mass is 10.1. The van der Waals surface area contributed by atoms with E-state index in [2.05, 4.69) is 10.3 Å². The molecule has 1 heterocycles. The number of carbonyl (C=O) groups is 3. The molecule has 0 saturated carbocycles. The summed E-state index contributed by atoms with van der Waals surface area (Å²) < 4.78 is 13.2. The topological polar surface area (TPSA) is 129 Å². The zero-order chi connectivity index (χ0) is 29.7. The van der Waals surface area contributed by atoms with E-state index in [1.807, 2.05) is 19.2 Å². The number of nitrogens with zero attached hydrogens (tertiary/aromatic N) is 3. The van der Waals surface area contributed by atoms with Crippen molar-refractivity contribution in [2.75, 3.05) is 25.6 Å². The van der Waals surface area contributed by atoms with Gasteiger partial charge in [0, 0.05) is 36.3 Å². The molecule has 41 heavy (non-hydrogen) atoms. The highest BCUT2D eigenvalue weighted by Gasteiger charge is 2.20. The Balaban J connectivity index is 1.41. The summed E-state index contributed by atoms with van der Waals surface area (Å²) in [5.41, 5.74) is 8.61. The largest absolute Gasteiger partial charge is 0.486 e. The van der Waals surface area contributed by atoms with Crippen molar-refractivity contribution >= 4 is 63.7 Å². The average Bonchev–Trinajstić information content (AvgIpc) is 3.30. The molecule has 212 valence electrons. The smallest absolute Gasteiger partial charge is 0.296 e. The third-order valence-corrected chi connectivity index (χ3v) is 7.10. The predicted octanol–water partition coefficient (Wildman–Crippen LogP) is 4.36. The van der Waals surface area contributed by atoms with Crippen molar-refractivity contribution in [3.63, 3.8) is 0 Å². The van der Waals surface area contributed by atoms with Crippen LogP contribution in [0, 0.1) is 0 Å². The molecule has 0 atom stereocenters. The maximum Gasteiger partial charge on any atom is 0.296 e. The minimum Gasteiger partial charge on any atom is -0.486 e. The number of methoxy groups -OCH3 is 1. The molecular weight excluding hydrogens is 569 g/mol. The standard InChI is InChI=1S/C29H27Cl2N5O5/c1-35(25(38)15-33-24(37)14-9-17-7-10-18(11-8-17)28(32)39)21-13-12-20(30)19(26(21)31)16-41-23-6-4-5-22-27(23)34-29(40-3)36(22)2/h4-14H,15-16H2,1-3H3,(H2,32,39)(H,33,37)/b14-9+. The molecule has 4 aromatic rings. The summed E-state index contributed by atoms with van der Waals surface area (Å²) in [4.78, 5) is 42.1. The number of aryl methyl sites for hydroxylation is 1. The highest BCUT2D eigenvalue weighted by molar-refractivity contribution is 6.38. The molecule has 0 fully saturated rings. The van der Waals surface area contributed by atoms with Gasteiger partial charge in [-0.2, -0.15) is 4.98 Å². The second-order valence-electron chi connectivity index (χ2n) is 8.92. The summed E-state index contributed by atoms with van der Waals surface area (Å²) in [5, 5.41) is 3.16. The van der Waals surface area contributed by atoms with Crippen LogP contribution >= 0.6 is 23.2 Å². The number of benzene rings is 3. The average molecular weight is 596 g/mol. The summed E-state index contributed by atoms with van der Waals surface area (Å²) in [6, 6.07) is 15.6. The normalized spacial score (nSPS) is 11.0. The molecule has 0 aliphatic carbocycles. The molecule has 0 saturated heterocycles. The fraction of sp³-hybridized carbons (Fsp3) is 0.172. The van der Waals surface area contributed by atoms with E-state index in [-0.39, 0.29) is 18.2 Å². The first kappa shape index (κ1) is 29.4. The highest BCUT2D eigenvalue weighted by atomic mass is 35.5. The van der Waals surface area contributed by atoms with Crippen LogP contribution in [0.15, 0.2) is 60.7 Å². The molecule has 0 aliphatic heterocycles. The number of primary amides is 1. The number of nitrogens with two attached hydrogens (primary N) is 1. The van der Waals surface area contributed by atoms with Crippen molar-refractivity contribution in [2.45, 2.75) is 6.61 Å². The molecule has 0 unspecified atom stereocenters. The number of likely N-dealkylation sites (N-methyl/N-ethyl adjacent to an activating group) is 1. The second-order valence-corrected chi connectivity index (χ2v) is 9.70. The van der Waals surface area contributed by atoms with Gasteiger partial charge in [0.1, 0.15) is 17.9 Å². The Kier molecular flexibility index (Phi) is 9.16. The van der Waals surface area contributed by atoms with Crippen LogP contribution in [0.1, 0.15) is 21.5 Å². The van der Waals surface area contributed by atoms with Crippen molar-refractivity contribution in [3.05, 3.63) is 87.4 Å². The Morgan fingerprint density at radius 3 is 2.51 bits per heavy atom. The minimum absolute atomic E-state index is 0.0213. The number of nitrogens with one attached hydrogen (secondary N) is 1. The maximum absolute atomic E-state index is 12.9. The summed E-state index contributed by atoms with van der Waals surface area (Å²) in [6.45, 7) is -0.248. The van der Waals surface area contributed by atoms with Gasteiger partial charge in [-0.05, 0) is 48.0 Å². The number of ether oxygens (including phenoxy) is 2. The number of amides is 3. The van der Waals surface area contributed by atoms with E-state index in [1.54, 1.807) is 67.3 Å². The number of carbonyl (C=O) groups excluding carboxylic acids is 3. The lowest BCUT2D eigenvalue weighted by Gasteiger charge is -2.21. The van der Waals surface area contributed by atoms with Gasteiger partial charge < -0.3 is 25.4 Å². The third-order valence-electron chi connectivity index (χ3n) is 6.33. The number of hydrogen-bond acceptors (Lipinski definition) is 6. The van der Waals surface area contributed by atoms with E-state index >= 15 is 0 Å². The van der Waals surface area contributed by atoms with Crippen molar-refractivity contribution in [3.8, 4) is 11.8 Å². The fourth-order valence-corrected chi connectivity index (χ4v) is 4.60. The summed E-state index contributed by atoms with van der Waals surface area (Å²) in [6.07, 6.45) is 2.84. The third kappa shape index (κ3) is 6.62. The Hall–Kier alpha value is -4.54. The predicted molar refractivity (Wildman–Crippen MR) is 158 cm³/mol. The molecule has 0 bridgehead atoms. The van der Waals surface area contributed by atoms with Gasteiger partial charge in [0.25, 0.3) is 6.01 Å². The number of rotatable bonds is 10. The van der Waals surface area contributed by atoms with Crippen LogP contribution in [0.25, 0.3) is 17.1 Å². The first-order chi connectivity index (χ1) is 19.6. The first-order valence-electron chi connectivity index (χ1n) is 12.3. The van der Waals surface area contributed by atoms with Gasteiger partial charge in [0.2, 0.25) is 17.7 Å². The Morgan fingerprint density at radius 2 is 1.83 bits per heavy atom. The second kappa shape index (κ2) is 12.8. The van der Waals surface area contributed by atoms with Crippen molar-refractivity contribution in [1.29, 1.82) is 0 Å². The van der Waals surface area contributed by atoms with Crippen LogP contribution in [0.3, 0.4) is 0 Å². The molecule has 0 radical (unpaired) electrons. The number of imidazole rings is 1. The zero-order valence-electron chi connectivity index (χ0n) is 22.5. The Morgan fingerprint density at radius 1 is 1.10 bits per heavy atom. The van der Waals surface area contributed by atoms with Crippen LogP contribution in [-0.2, 0) is 23.2 Å². The minimum atomic E-state index is -0.537. The summed E-state index contributed by atoms with van der Waals surface area (Å²) in [5.74, 6) is -0.895. The SMILES string of the molecule is COc1nc2c(OCc3c(Cl)ccc(N(C)C(=O)CNC(=O)/C=C/c4ccc(C(N)=O)cc4)c3Cl)cccc2n1C. The van der Waals surface area contributed by atoms with E-state index < -0.39 is 17.7 Å². The molecule has 12 heteroatoms. The van der Waals surface area contributed by atoms with Crippen molar-refractivity contribution in [1.82, 2.24) is 14.9 Å². The maximum atomic E-state index is 12.9. The van der Waals surface area contributed by atoms with Gasteiger partial charge in [0.05, 0.1) is 29.9 Å². The van der Waals surface area contributed by atoms with E-state index in [4.69, 9.17) is 38.4 Å². The number of aromatic nitrogens is 2. The van der Waals surface area contributed by atoms with Gasteiger partial charge in [-0.25, -0.2) is 0 Å². The van der Waals surface area contributed by atoms with E-state index in [9.17, 15) is 14.4 Å². The number of halogens is 2. The molecule has 3 N–H and O–H groups in total. The van der Waals surface area contributed by atoms with Crippen LogP contribution in [0.4, 0.5) is 5.69 Å². The van der Waals surface area contributed by atoms with Crippen molar-refractivity contribution in [2.24, 2.45) is 12.8 Å². The van der Waals surface area contributed by atoms with Gasteiger partial charge >= 0.3 is 0 Å². The molecule has 4 rings (SSSR count). The molecule has 0 aliphatic rings. The monoisotopic (exact) mass is 595 g/mol. The summed E-state index contributed by atoms with van der Waals surface area (Å²) >= 11 is 13.1. The molecule has 0 spiro atoms. The number of fused-ring (bicyclic) bond motifs is 1. The lowest BCUT2D eigenvalue weighted by molar-refractivity contribution is -0.122. The Bertz CT molecular complexity index is 1650. The molecule has 1 aromatic heterocycles. The van der Waals surface area contributed by atoms with E-state index in [0.29, 0.717) is 44.7 Å².